The standard InChI is InChI=1S/C21H32N2O5/c1-20(2,3)28-19(26)22-21(18(24)25,14-15-9-11-23(4)12-10-15)16-7-6-8-17(13-16)27-5/h6-8,13,15H,9-12,14H2,1-5H3,(H,22,26)(H,24,25). The number of hydrogen-bond donors (Lipinski definition) is 2. The molecule has 0 spiro atoms. The van der Waals surface area contributed by atoms with E-state index in [2.05, 4.69) is 17.3 Å². The number of carbonyl (C=O) groups is 2. The molecule has 1 amide bonds. The number of ether oxygens (including phenoxy) is 2. The monoisotopic (exact) mass is 392 g/mol. The summed E-state index contributed by atoms with van der Waals surface area (Å²) in [7, 11) is 3.58. The SMILES string of the molecule is COc1cccc(C(CC2CCN(C)CC2)(NC(=O)OC(C)(C)C)C(=O)O)c1. The second-order valence-corrected chi connectivity index (χ2v) is 8.52. The number of piperidine rings is 1. The summed E-state index contributed by atoms with van der Waals surface area (Å²) in [5.74, 6) is -0.392. The highest BCUT2D eigenvalue weighted by Gasteiger charge is 2.45. The quantitative estimate of drug-likeness (QED) is 0.773. The van der Waals surface area contributed by atoms with Gasteiger partial charge in [0.1, 0.15) is 11.4 Å². The number of amides is 1. The minimum atomic E-state index is -1.59. The van der Waals surface area contributed by atoms with Gasteiger partial charge in [0.25, 0.3) is 0 Å². The first-order chi connectivity index (χ1) is 13.1. The lowest BCUT2D eigenvalue weighted by molar-refractivity contribution is -0.146. The van der Waals surface area contributed by atoms with Crippen molar-refractivity contribution >= 4 is 12.1 Å². The lowest BCUT2D eigenvalue weighted by Crippen LogP contribution is -2.54. The molecule has 7 heteroatoms. The van der Waals surface area contributed by atoms with Gasteiger partial charge in [-0.3, -0.25) is 0 Å². The Morgan fingerprint density at radius 1 is 1.25 bits per heavy atom. The van der Waals surface area contributed by atoms with Crippen LogP contribution in [0.15, 0.2) is 24.3 Å². The first kappa shape index (κ1) is 22.0. The van der Waals surface area contributed by atoms with E-state index < -0.39 is 23.2 Å². The number of nitrogens with zero attached hydrogens (tertiary/aromatic N) is 1. The summed E-state index contributed by atoms with van der Waals surface area (Å²) in [6.07, 6.45) is 1.31. The molecule has 1 aliphatic heterocycles. The van der Waals surface area contributed by atoms with Crippen LogP contribution in [0.25, 0.3) is 0 Å². The number of methoxy groups -OCH3 is 1. The number of carbonyl (C=O) groups excluding carboxylic acids is 1. The fraction of sp³-hybridized carbons (Fsp3) is 0.619. The average molecular weight is 392 g/mol. The molecular weight excluding hydrogens is 360 g/mol. The van der Waals surface area contributed by atoms with Gasteiger partial charge in [-0.2, -0.15) is 0 Å². The number of nitrogens with one attached hydrogen (secondary N) is 1. The molecule has 1 unspecified atom stereocenters. The molecule has 156 valence electrons. The van der Waals surface area contributed by atoms with E-state index in [-0.39, 0.29) is 5.92 Å². The first-order valence-electron chi connectivity index (χ1n) is 9.63. The summed E-state index contributed by atoms with van der Waals surface area (Å²) in [6.45, 7) is 7.06. The highest BCUT2D eigenvalue weighted by molar-refractivity contribution is 5.86. The zero-order valence-corrected chi connectivity index (χ0v) is 17.4. The minimum Gasteiger partial charge on any atom is -0.497 e. The summed E-state index contributed by atoms with van der Waals surface area (Å²) in [4.78, 5) is 27.3. The lowest BCUT2D eigenvalue weighted by atomic mass is 9.78. The molecule has 7 nitrogen and oxygen atoms in total. The van der Waals surface area contributed by atoms with Crippen LogP contribution >= 0.6 is 0 Å². The van der Waals surface area contributed by atoms with E-state index in [9.17, 15) is 14.7 Å². The number of likely N-dealkylation sites (tertiary alicyclic amines) is 1. The molecule has 1 aliphatic rings. The number of aliphatic carboxylic acids is 1. The van der Waals surface area contributed by atoms with Gasteiger partial charge in [0.05, 0.1) is 7.11 Å². The summed E-state index contributed by atoms with van der Waals surface area (Å²) >= 11 is 0. The Labute approximate surface area is 167 Å². The smallest absolute Gasteiger partial charge is 0.408 e. The summed E-state index contributed by atoms with van der Waals surface area (Å²) in [6, 6.07) is 6.86. The molecule has 1 fully saturated rings. The molecule has 1 saturated heterocycles. The number of alkyl carbamates (subject to hydrolysis) is 1. The fourth-order valence-electron chi connectivity index (χ4n) is 3.57. The molecule has 1 heterocycles. The van der Waals surface area contributed by atoms with Gasteiger partial charge in [0.15, 0.2) is 5.54 Å². The third-order valence-electron chi connectivity index (χ3n) is 5.07. The minimum absolute atomic E-state index is 0.174. The van der Waals surface area contributed by atoms with Crippen molar-refractivity contribution in [2.24, 2.45) is 5.92 Å². The van der Waals surface area contributed by atoms with Crippen molar-refractivity contribution in [2.75, 3.05) is 27.2 Å². The van der Waals surface area contributed by atoms with Gasteiger partial charge in [-0.25, -0.2) is 9.59 Å². The van der Waals surface area contributed by atoms with Gasteiger partial charge >= 0.3 is 12.1 Å². The van der Waals surface area contributed by atoms with Crippen molar-refractivity contribution in [1.29, 1.82) is 0 Å². The zero-order chi connectivity index (χ0) is 20.9. The topological polar surface area (TPSA) is 88.1 Å². The third kappa shape index (κ3) is 5.61. The molecule has 0 radical (unpaired) electrons. The summed E-state index contributed by atoms with van der Waals surface area (Å²) in [5.41, 5.74) is -1.84. The van der Waals surface area contributed by atoms with Gasteiger partial charge in [-0.05, 0) is 83.8 Å². The van der Waals surface area contributed by atoms with E-state index in [1.165, 1.54) is 7.11 Å². The fourth-order valence-corrected chi connectivity index (χ4v) is 3.57. The van der Waals surface area contributed by atoms with Crippen LogP contribution in [0, 0.1) is 5.92 Å². The predicted molar refractivity (Wildman–Crippen MR) is 107 cm³/mol. The molecule has 1 aromatic carbocycles. The average Bonchev–Trinajstić information content (AvgIpc) is 2.61. The Balaban J connectivity index is 2.40. The lowest BCUT2D eigenvalue weighted by Gasteiger charge is -2.37. The van der Waals surface area contributed by atoms with Gasteiger partial charge in [-0.1, -0.05) is 12.1 Å². The number of benzene rings is 1. The van der Waals surface area contributed by atoms with Gasteiger partial charge in [-0.15, -0.1) is 0 Å². The van der Waals surface area contributed by atoms with Gasteiger partial charge < -0.3 is 24.8 Å². The van der Waals surface area contributed by atoms with E-state index in [1.807, 2.05) is 0 Å². The van der Waals surface area contributed by atoms with Crippen LogP contribution in [0.2, 0.25) is 0 Å². The number of carboxylic acids is 1. The maximum Gasteiger partial charge on any atom is 0.408 e. The molecule has 2 N–H and O–H groups in total. The molecule has 2 rings (SSSR count). The van der Waals surface area contributed by atoms with Crippen molar-refractivity contribution in [2.45, 2.75) is 51.2 Å². The van der Waals surface area contributed by atoms with E-state index in [1.54, 1.807) is 45.0 Å². The molecule has 0 saturated carbocycles. The van der Waals surface area contributed by atoms with E-state index in [0.29, 0.717) is 17.7 Å². The van der Waals surface area contributed by atoms with Gasteiger partial charge in [0.2, 0.25) is 0 Å². The molecule has 0 aromatic heterocycles. The molecular formula is C21H32N2O5. The molecule has 1 aromatic rings. The van der Waals surface area contributed by atoms with E-state index >= 15 is 0 Å². The summed E-state index contributed by atoms with van der Waals surface area (Å²) in [5, 5.41) is 12.9. The van der Waals surface area contributed by atoms with Crippen LogP contribution in [0.5, 0.6) is 5.75 Å². The normalized spacial score (nSPS) is 18.2. The Morgan fingerprint density at radius 3 is 2.43 bits per heavy atom. The van der Waals surface area contributed by atoms with Crippen LogP contribution in [0.1, 0.15) is 45.6 Å². The molecule has 0 bridgehead atoms. The summed E-state index contributed by atoms with van der Waals surface area (Å²) < 4.78 is 10.7. The van der Waals surface area contributed by atoms with E-state index in [0.717, 1.165) is 25.9 Å². The first-order valence-corrected chi connectivity index (χ1v) is 9.63. The van der Waals surface area contributed by atoms with Crippen LogP contribution < -0.4 is 10.1 Å². The van der Waals surface area contributed by atoms with Gasteiger partial charge in [0, 0.05) is 0 Å². The Morgan fingerprint density at radius 2 is 1.89 bits per heavy atom. The van der Waals surface area contributed by atoms with Crippen molar-refractivity contribution in [1.82, 2.24) is 10.2 Å². The van der Waals surface area contributed by atoms with Crippen molar-refractivity contribution < 1.29 is 24.2 Å². The highest BCUT2D eigenvalue weighted by atomic mass is 16.6. The molecule has 0 aliphatic carbocycles. The molecule has 28 heavy (non-hydrogen) atoms. The second-order valence-electron chi connectivity index (χ2n) is 8.52. The van der Waals surface area contributed by atoms with Crippen molar-refractivity contribution in [3.05, 3.63) is 29.8 Å². The maximum absolute atomic E-state index is 12.6. The van der Waals surface area contributed by atoms with E-state index in [4.69, 9.17) is 9.47 Å². The largest absolute Gasteiger partial charge is 0.497 e. The van der Waals surface area contributed by atoms with Crippen molar-refractivity contribution in [3.8, 4) is 5.75 Å². The number of carboxylic acid groups (broad SMARTS) is 1. The van der Waals surface area contributed by atoms with Crippen molar-refractivity contribution in [3.63, 3.8) is 0 Å². The van der Waals surface area contributed by atoms with Crippen LogP contribution in [0.4, 0.5) is 4.79 Å². The van der Waals surface area contributed by atoms with Crippen LogP contribution in [-0.2, 0) is 15.1 Å². The Bertz CT molecular complexity index is 692. The third-order valence-corrected chi connectivity index (χ3v) is 5.07. The molecule has 1 atom stereocenters. The highest BCUT2D eigenvalue weighted by Crippen LogP contribution is 2.35. The number of rotatable bonds is 6. The maximum atomic E-state index is 12.6. The Kier molecular flexibility index (Phi) is 6.93. The Hall–Kier alpha value is -2.28. The predicted octanol–water partition coefficient (Wildman–Crippen LogP) is 3.23. The van der Waals surface area contributed by atoms with Crippen LogP contribution in [-0.4, -0.2) is 54.9 Å². The number of hydrogen-bond acceptors (Lipinski definition) is 5. The van der Waals surface area contributed by atoms with Crippen LogP contribution in [0.3, 0.4) is 0 Å². The zero-order valence-electron chi connectivity index (χ0n) is 17.4. The second kappa shape index (κ2) is 8.82.